The van der Waals surface area contributed by atoms with Crippen LogP contribution in [0.4, 0.5) is 0 Å². The topological polar surface area (TPSA) is 80.3 Å². The Morgan fingerprint density at radius 3 is 1.17 bits per heavy atom. The monoisotopic (exact) mass is 370 g/mol. The van der Waals surface area contributed by atoms with Crippen molar-refractivity contribution in [3.05, 3.63) is 0 Å². The van der Waals surface area contributed by atoms with Crippen molar-refractivity contribution < 1.29 is 31.1 Å². The van der Waals surface area contributed by atoms with Crippen LogP contribution in [0.2, 0.25) is 0 Å². The van der Waals surface area contributed by atoms with Crippen molar-refractivity contribution in [3.8, 4) is 0 Å². The first kappa shape index (κ1) is 10.2. The van der Waals surface area contributed by atoms with Crippen molar-refractivity contribution in [2.24, 2.45) is 0 Å². The molecule has 0 amide bonds. The Hall–Kier alpha value is 1.13. The molecule has 0 aliphatic carbocycles. The summed E-state index contributed by atoms with van der Waals surface area (Å²) in [5.74, 6) is 0. The van der Waals surface area contributed by atoms with E-state index in [0.717, 1.165) is 0 Å². The minimum Gasteiger partial charge on any atom is 2.00 e. The second-order valence-electron chi connectivity index (χ2n) is 0.408. The van der Waals surface area contributed by atoms with Gasteiger partial charge in [0.2, 0.25) is 0 Å². The maximum Gasteiger partial charge on any atom is 2.00 e. The summed E-state index contributed by atoms with van der Waals surface area (Å²) in [7, 11) is 0. The van der Waals surface area contributed by atoms with E-state index in [0.29, 0.717) is 0 Å². The van der Waals surface area contributed by atoms with Gasteiger partial charge in [0.1, 0.15) is 0 Å². The Morgan fingerprint density at radius 1 is 1.17 bits per heavy atom. The SMILES string of the molecule is [O]=[Mo](=[O])([O-])[O-].[Pb+2]. The van der Waals surface area contributed by atoms with Crippen LogP contribution in [0.5, 0.6) is 0 Å². The molecule has 0 saturated heterocycles. The molecule has 0 aliphatic heterocycles. The van der Waals surface area contributed by atoms with E-state index in [2.05, 4.69) is 0 Å². The van der Waals surface area contributed by atoms with Gasteiger partial charge in [0.05, 0.1) is 0 Å². The summed E-state index contributed by atoms with van der Waals surface area (Å²) in [6.45, 7) is 0. The van der Waals surface area contributed by atoms with Gasteiger partial charge in [0.15, 0.2) is 0 Å². The molecule has 0 aromatic carbocycles. The summed E-state index contributed by atoms with van der Waals surface area (Å²) >= 11 is -6.02. The maximum absolute atomic E-state index is 8.63. The maximum atomic E-state index is 8.63. The Morgan fingerprint density at radius 2 is 1.17 bits per heavy atom. The minimum atomic E-state index is -6.02. The van der Waals surface area contributed by atoms with Crippen LogP contribution in [0.25, 0.3) is 0 Å². The number of hydrogen-bond donors (Lipinski definition) is 0. The van der Waals surface area contributed by atoms with E-state index >= 15 is 0 Å². The van der Waals surface area contributed by atoms with Crippen LogP contribution in [0.15, 0.2) is 0 Å². The summed E-state index contributed by atoms with van der Waals surface area (Å²) in [5.41, 5.74) is 0. The van der Waals surface area contributed by atoms with Crippen molar-refractivity contribution in [2.45, 2.75) is 0 Å². The second-order valence-corrected chi connectivity index (χ2v) is 2.42. The molecule has 0 aromatic rings. The zero-order valence-electron chi connectivity index (χ0n) is 2.54. The van der Waals surface area contributed by atoms with Crippen LogP contribution in [-0.2, 0) is 23.5 Å². The first-order valence-electron chi connectivity index (χ1n) is 0.667. The van der Waals surface area contributed by atoms with Gasteiger partial charge in [0.25, 0.3) is 0 Å². The molecule has 0 rings (SSSR count). The largest absolute Gasteiger partial charge is 2.00 e. The van der Waals surface area contributed by atoms with Crippen molar-refractivity contribution in [1.82, 2.24) is 0 Å². The molecule has 2 radical (unpaired) electrons. The van der Waals surface area contributed by atoms with E-state index in [1.165, 1.54) is 0 Å². The molecule has 0 aromatic heterocycles. The third-order valence-corrected chi connectivity index (χ3v) is 0. The van der Waals surface area contributed by atoms with Gasteiger partial charge in [-0.3, -0.25) is 0 Å². The van der Waals surface area contributed by atoms with E-state index in [1.54, 1.807) is 0 Å². The van der Waals surface area contributed by atoms with Crippen LogP contribution < -0.4 is 7.52 Å². The Labute approximate surface area is 58.1 Å². The third kappa shape index (κ3) is 68.5. The van der Waals surface area contributed by atoms with E-state index in [1.807, 2.05) is 0 Å². The van der Waals surface area contributed by atoms with Crippen molar-refractivity contribution in [3.63, 3.8) is 0 Å². The standard InChI is InChI=1S/Mo.4O.Pb/q;;;2*-1;+2. The van der Waals surface area contributed by atoms with Crippen LogP contribution >= 0.6 is 0 Å². The average molecular weight is 367 g/mol. The van der Waals surface area contributed by atoms with E-state index in [-0.39, 0.29) is 27.3 Å². The van der Waals surface area contributed by atoms with Crippen molar-refractivity contribution in [2.75, 3.05) is 0 Å². The molecule has 0 heterocycles. The zero-order valence-corrected chi connectivity index (χ0v) is 8.44. The first-order chi connectivity index (χ1) is 2.00. The van der Waals surface area contributed by atoms with E-state index in [4.69, 9.17) is 14.3 Å². The van der Waals surface area contributed by atoms with E-state index < -0.39 is 16.7 Å². The predicted octanol–water partition coefficient (Wildman–Crippen LogP) is -3.00. The van der Waals surface area contributed by atoms with Gasteiger partial charge in [-0.15, -0.1) is 0 Å². The molecule has 0 N–H and O–H groups in total. The quantitative estimate of drug-likeness (QED) is 0.428. The van der Waals surface area contributed by atoms with Gasteiger partial charge >= 0.3 is 58.4 Å². The van der Waals surface area contributed by atoms with Gasteiger partial charge in [-0.1, -0.05) is 0 Å². The average Bonchev–Trinajstić information content (AvgIpc) is 0.722. The fraction of sp³-hybridized carbons (Fsp3) is 0. The predicted molar refractivity (Wildman–Crippen MR) is 7.13 cm³/mol. The fourth-order valence-corrected chi connectivity index (χ4v) is 0. The summed E-state index contributed by atoms with van der Waals surface area (Å²) in [6, 6.07) is 0. The molecular weight excluding hydrogens is 367 g/mol. The molecule has 0 spiro atoms. The third-order valence-electron chi connectivity index (χ3n) is 0. The molecule has 0 fully saturated rings. The molecule has 0 aliphatic rings. The van der Waals surface area contributed by atoms with Gasteiger partial charge in [-0.25, -0.2) is 0 Å². The molecule has 0 atom stereocenters. The van der Waals surface area contributed by atoms with Gasteiger partial charge in [-0.2, -0.15) is 0 Å². The number of rotatable bonds is 0. The summed E-state index contributed by atoms with van der Waals surface area (Å²) in [5, 5.41) is 0. The van der Waals surface area contributed by atoms with Gasteiger partial charge in [-0.05, 0) is 0 Å². The molecular formula is MoO4Pb. The zero-order chi connectivity index (χ0) is 4.50. The minimum absolute atomic E-state index is 0. The van der Waals surface area contributed by atoms with E-state index in [9.17, 15) is 0 Å². The summed E-state index contributed by atoms with van der Waals surface area (Å²) in [6.07, 6.45) is 0. The second kappa shape index (κ2) is 3.17. The van der Waals surface area contributed by atoms with Crippen molar-refractivity contribution in [1.29, 1.82) is 0 Å². The molecule has 6 heteroatoms. The van der Waals surface area contributed by atoms with Crippen LogP contribution in [0.3, 0.4) is 0 Å². The molecule has 34 valence electrons. The molecule has 0 unspecified atom stereocenters. The first-order valence-corrected chi connectivity index (χ1v) is 3.94. The van der Waals surface area contributed by atoms with Crippen LogP contribution in [-0.4, -0.2) is 27.3 Å². The van der Waals surface area contributed by atoms with Crippen LogP contribution in [0, 0.1) is 0 Å². The molecule has 4 nitrogen and oxygen atoms in total. The van der Waals surface area contributed by atoms with Gasteiger partial charge < -0.3 is 0 Å². The molecule has 6 heavy (non-hydrogen) atoms. The number of hydrogen-bond acceptors (Lipinski definition) is 4. The molecule has 0 bridgehead atoms. The Balaban J connectivity index is 0. The smallest absolute Gasteiger partial charge is 2.00 e. The van der Waals surface area contributed by atoms with Gasteiger partial charge in [0, 0.05) is 0 Å². The Kier molecular flexibility index (Phi) is 5.39. The fourth-order valence-electron chi connectivity index (χ4n) is 0. The normalized spacial score (nSPS) is 9.67. The Bertz CT molecular complexity index is 90.7. The van der Waals surface area contributed by atoms with Crippen molar-refractivity contribution >= 4 is 27.3 Å². The van der Waals surface area contributed by atoms with Crippen LogP contribution in [0.1, 0.15) is 0 Å². The summed E-state index contributed by atoms with van der Waals surface area (Å²) in [4.78, 5) is 0. The summed E-state index contributed by atoms with van der Waals surface area (Å²) < 4.78 is 34.5. The molecule has 0 saturated carbocycles.